The summed E-state index contributed by atoms with van der Waals surface area (Å²) < 4.78 is 0. The summed E-state index contributed by atoms with van der Waals surface area (Å²) in [7, 11) is 0. The lowest BCUT2D eigenvalue weighted by atomic mass is 10.0. The van der Waals surface area contributed by atoms with E-state index in [2.05, 4.69) is 0 Å². The van der Waals surface area contributed by atoms with E-state index in [4.69, 9.17) is 34.0 Å². The average molecular weight is 250 g/mol. The number of carbonyl (C=O) groups is 1. The lowest BCUT2D eigenvalue weighted by Gasteiger charge is -2.12. The number of carboxylic acid groups (broad SMARTS) is 1. The number of aromatic hydroxyl groups is 1. The van der Waals surface area contributed by atoms with Gasteiger partial charge in [0, 0.05) is 16.6 Å². The third-order valence-corrected chi connectivity index (χ3v) is 2.36. The third kappa shape index (κ3) is 2.99. The largest absolute Gasteiger partial charge is 0.506 e. The van der Waals surface area contributed by atoms with Gasteiger partial charge in [-0.1, -0.05) is 23.2 Å². The molecule has 0 radical (unpaired) electrons. The van der Waals surface area contributed by atoms with E-state index in [1.54, 1.807) is 0 Å². The summed E-state index contributed by atoms with van der Waals surface area (Å²) in [6, 6.07) is 1.92. The molecule has 0 heterocycles. The second-order valence-electron chi connectivity index (χ2n) is 3.03. The van der Waals surface area contributed by atoms with Crippen LogP contribution in [0, 0.1) is 0 Å². The molecule has 0 amide bonds. The fourth-order valence-electron chi connectivity index (χ4n) is 1.17. The number of phenols is 1. The molecule has 0 aliphatic rings. The number of benzene rings is 1. The summed E-state index contributed by atoms with van der Waals surface area (Å²) in [6.45, 7) is 0. The Labute approximate surface area is 96.2 Å². The molecular formula is C9H9Cl2NO3. The van der Waals surface area contributed by atoms with Crippen LogP contribution >= 0.6 is 23.2 Å². The van der Waals surface area contributed by atoms with Crippen molar-refractivity contribution in [2.45, 2.75) is 12.5 Å². The van der Waals surface area contributed by atoms with Crippen molar-refractivity contribution in [3.05, 3.63) is 27.7 Å². The molecule has 4 nitrogen and oxygen atoms in total. The normalized spacial score (nSPS) is 12.5. The average Bonchev–Trinajstić information content (AvgIpc) is 2.09. The molecule has 0 spiro atoms. The van der Waals surface area contributed by atoms with Crippen molar-refractivity contribution in [3.63, 3.8) is 0 Å². The van der Waals surface area contributed by atoms with Crippen LogP contribution in [0.15, 0.2) is 12.1 Å². The maximum Gasteiger partial charge on any atom is 0.305 e. The molecule has 0 aliphatic carbocycles. The number of phenolic OH excluding ortho intramolecular Hbond substituents is 1. The first-order chi connectivity index (χ1) is 6.91. The predicted molar refractivity (Wildman–Crippen MR) is 57.3 cm³/mol. The van der Waals surface area contributed by atoms with Crippen LogP contribution in [0.4, 0.5) is 0 Å². The lowest BCUT2D eigenvalue weighted by molar-refractivity contribution is -0.137. The zero-order valence-electron chi connectivity index (χ0n) is 7.58. The second kappa shape index (κ2) is 4.70. The molecule has 0 aromatic heterocycles. The molecule has 0 fully saturated rings. The van der Waals surface area contributed by atoms with Crippen LogP contribution < -0.4 is 5.73 Å². The first-order valence-electron chi connectivity index (χ1n) is 4.07. The quantitative estimate of drug-likeness (QED) is 0.767. The van der Waals surface area contributed by atoms with Gasteiger partial charge in [0.25, 0.3) is 0 Å². The van der Waals surface area contributed by atoms with Crippen molar-refractivity contribution >= 4 is 29.2 Å². The Balaban J connectivity index is 3.07. The van der Waals surface area contributed by atoms with E-state index in [-0.39, 0.29) is 22.8 Å². The van der Waals surface area contributed by atoms with Crippen LogP contribution in [0.2, 0.25) is 10.0 Å². The van der Waals surface area contributed by atoms with Crippen molar-refractivity contribution in [1.29, 1.82) is 0 Å². The Bertz CT molecular complexity index is 395. The number of carboxylic acids is 1. The van der Waals surface area contributed by atoms with Gasteiger partial charge in [0.1, 0.15) is 5.75 Å². The van der Waals surface area contributed by atoms with Gasteiger partial charge in [-0.3, -0.25) is 4.79 Å². The van der Waals surface area contributed by atoms with Gasteiger partial charge in [-0.05, 0) is 12.1 Å². The van der Waals surface area contributed by atoms with Gasteiger partial charge in [-0.2, -0.15) is 0 Å². The highest BCUT2D eigenvalue weighted by Gasteiger charge is 2.17. The summed E-state index contributed by atoms with van der Waals surface area (Å²) in [5.41, 5.74) is 5.81. The minimum atomic E-state index is -1.06. The SMILES string of the molecule is N[C@H](CC(=O)O)c1cc(Cl)cc(Cl)c1O. The van der Waals surface area contributed by atoms with Gasteiger partial charge in [0.15, 0.2) is 0 Å². The molecule has 1 atom stereocenters. The van der Waals surface area contributed by atoms with Gasteiger partial charge in [-0.25, -0.2) is 0 Å². The van der Waals surface area contributed by atoms with Crippen LogP contribution in [-0.4, -0.2) is 16.2 Å². The Morgan fingerprint density at radius 3 is 2.60 bits per heavy atom. The van der Waals surface area contributed by atoms with Gasteiger partial charge in [0.05, 0.1) is 11.4 Å². The molecule has 0 saturated heterocycles. The molecule has 6 heteroatoms. The molecular weight excluding hydrogens is 241 g/mol. The van der Waals surface area contributed by atoms with Crippen LogP contribution in [-0.2, 0) is 4.79 Å². The van der Waals surface area contributed by atoms with Gasteiger partial charge in [-0.15, -0.1) is 0 Å². The van der Waals surface area contributed by atoms with E-state index < -0.39 is 12.0 Å². The highest BCUT2D eigenvalue weighted by Crippen LogP contribution is 2.34. The predicted octanol–water partition coefficient (Wildman–Crippen LogP) is 2.17. The second-order valence-corrected chi connectivity index (χ2v) is 3.87. The monoisotopic (exact) mass is 249 g/mol. The van der Waals surface area contributed by atoms with Crippen molar-refractivity contribution < 1.29 is 15.0 Å². The van der Waals surface area contributed by atoms with Crippen molar-refractivity contribution in [2.75, 3.05) is 0 Å². The molecule has 1 aromatic rings. The molecule has 82 valence electrons. The standard InChI is InChI=1S/C9H9Cl2NO3/c10-4-1-5(7(12)3-8(13)14)9(15)6(11)2-4/h1-2,7,15H,3,12H2,(H,13,14)/t7-/m1/s1. The molecule has 1 rings (SSSR count). The molecule has 4 N–H and O–H groups in total. The Morgan fingerprint density at radius 1 is 1.47 bits per heavy atom. The first-order valence-corrected chi connectivity index (χ1v) is 4.82. The third-order valence-electron chi connectivity index (χ3n) is 1.85. The molecule has 0 bridgehead atoms. The highest BCUT2D eigenvalue weighted by atomic mass is 35.5. The molecule has 0 unspecified atom stereocenters. The minimum absolute atomic E-state index is 0.0540. The minimum Gasteiger partial charge on any atom is -0.506 e. The summed E-state index contributed by atoms with van der Waals surface area (Å²) in [6.07, 6.45) is -0.301. The Kier molecular flexibility index (Phi) is 3.79. The van der Waals surface area contributed by atoms with Crippen LogP contribution in [0.3, 0.4) is 0 Å². The maximum atomic E-state index is 10.4. The summed E-state index contributed by atoms with van der Waals surface area (Å²) in [5.74, 6) is -1.28. The number of hydrogen-bond donors (Lipinski definition) is 3. The number of rotatable bonds is 3. The van der Waals surface area contributed by atoms with Crippen molar-refractivity contribution in [1.82, 2.24) is 0 Å². The zero-order chi connectivity index (χ0) is 11.6. The van der Waals surface area contributed by atoms with Gasteiger partial charge in [0.2, 0.25) is 0 Å². The van der Waals surface area contributed by atoms with Crippen LogP contribution in [0.1, 0.15) is 18.0 Å². The van der Waals surface area contributed by atoms with Gasteiger partial charge >= 0.3 is 5.97 Å². The van der Waals surface area contributed by atoms with E-state index >= 15 is 0 Å². The number of nitrogens with two attached hydrogens (primary N) is 1. The number of halogens is 2. The van der Waals surface area contributed by atoms with E-state index in [1.807, 2.05) is 0 Å². The Morgan fingerprint density at radius 2 is 2.07 bits per heavy atom. The smallest absolute Gasteiger partial charge is 0.305 e. The molecule has 1 aromatic carbocycles. The maximum absolute atomic E-state index is 10.4. The van der Waals surface area contributed by atoms with E-state index in [0.29, 0.717) is 5.02 Å². The topological polar surface area (TPSA) is 83.6 Å². The van der Waals surface area contributed by atoms with E-state index in [1.165, 1.54) is 12.1 Å². The van der Waals surface area contributed by atoms with Crippen LogP contribution in [0.5, 0.6) is 5.75 Å². The molecule has 15 heavy (non-hydrogen) atoms. The fourth-order valence-corrected chi connectivity index (χ4v) is 1.68. The Hall–Kier alpha value is -0.970. The molecule has 0 aliphatic heterocycles. The van der Waals surface area contributed by atoms with Crippen molar-refractivity contribution in [3.8, 4) is 5.75 Å². The fraction of sp³-hybridized carbons (Fsp3) is 0.222. The first kappa shape index (κ1) is 12.1. The highest BCUT2D eigenvalue weighted by molar-refractivity contribution is 6.35. The van der Waals surface area contributed by atoms with Crippen molar-refractivity contribution in [2.24, 2.45) is 5.73 Å². The van der Waals surface area contributed by atoms with Gasteiger partial charge < -0.3 is 15.9 Å². The number of aliphatic carboxylic acids is 1. The summed E-state index contributed by atoms with van der Waals surface area (Å²) in [4.78, 5) is 10.4. The van der Waals surface area contributed by atoms with E-state index in [0.717, 1.165) is 0 Å². The summed E-state index contributed by atoms with van der Waals surface area (Å²) in [5, 5.41) is 18.4. The molecule has 0 saturated carbocycles. The van der Waals surface area contributed by atoms with E-state index in [9.17, 15) is 9.90 Å². The van der Waals surface area contributed by atoms with Crippen LogP contribution in [0.25, 0.3) is 0 Å². The number of hydrogen-bond acceptors (Lipinski definition) is 3. The lowest BCUT2D eigenvalue weighted by Crippen LogP contribution is -2.15. The zero-order valence-corrected chi connectivity index (χ0v) is 9.09. The summed E-state index contributed by atoms with van der Waals surface area (Å²) >= 11 is 11.4.